The van der Waals surface area contributed by atoms with E-state index in [9.17, 15) is 4.79 Å². The fourth-order valence-corrected chi connectivity index (χ4v) is 2.66. The third-order valence-electron chi connectivity index (χ3n) is 3.87. The van der Waals surface area contributed by atoms with Crippen molar-refractivity contribution in [2.45, 2.75) is 20.4 Å². The quantitative estimate of drug-likeness (QED) is 0.697. The molecule has 1 aromatic heterocycles. The molecule has 0 fully saturated rings. The molecule has 1 amide bonds. The van der Waals surface area contributed by atoms with Crippen molar-refractivity contribution in [2.24, 2.45) is 0 Å². The average molecular weight is 382 g/mol. The maximum atomic E-state index is 12.0. The van der Waals surface area contributed by atoms with Crippen LogP contribution in [-0.4, -0.2) is 22.5 Å². The summed E-state index contributed by atoms with van der Waals surface area (Å²) in [6.45, 7) is 4.22. The van der Waals surface area contributed by atoms with Crippen molar-refractivity contribution in [3.05, 3.63) is 76.4 Å². The number of carbonyl (C=O) groups is 1. The van der Waals surface area contributed by atoms with Crippen LogP contribution in [0.15, 0.2) is 54.6 Å². The molecule has 0 aliphatic rings. The lowest BCUT2D eigenvalue weighted by Crippen LogP contribution is -2.28. The first-order chi connectivity index (χ1) is 13.0. The topological polar surface area (TPSA) is 64.1 Å². The van der Waals surface area contributed by atoms with Gasteiger partial charge in [0, 0.05) is 28.9 Å². The number of nitrogens with one attached hydrogen (secondary N) is 1. The first kappa shape index (κ1) is 18.9. The van der Waals surface area contributed by atoms with E-state index in [1.807, 2.05) is 50.2 Å². The molecule has 0 aliphatic carbocycles. The number of ether oxygens (including phenoxy) is 1. The summed E-state index contributed by atoms with van der Waals surface area (Å²) in [7, 11) is 0. The summed E-state index contributed by atoms with van der Waals surface area (Å²) in [5, 5.41) is 3.44. The Hall–Kier alpha value is -2.92. The van der Waals surface area contributed by atoms with Gasteiger partial charge in [-0.25, -0.2) is 4.98 Å². The number of rotatable bonds is 6. The Bertz CT molecular complexity index is 942. The Kier molecular flexibility index (Phi) is 6.04. The summed E-state index contributed by atoms with van der Waals surface area (Å²) in [4.78, 5) is 20.8. The van der Waals surface area contributed by atoms with E-state index in [2.05, 4.69) is 15.3 Å². The predicted octanol–water partition coefficient (Wildman–Crippen LogP) is 4.11. The molecule has 138 valence electrons. The van der Waals surface area contributed by atoms with E-state index in [1.165, 1.54) is 5.56 Å². The van der Waals surface area contributed by atoms with Gasteiger partial charge in [0.15, 0.2) is 12.4 Å². The number of carbonyl (C=O) groups excluding carboxylic acids is 1. The summed E-state index contributed by atoms with van der Waals surface area (Å²) in [5.74, 6) is 0.645. The second-order valence-corrected chi connectivity index (χ2v) is 6.67. The second-order valence-electron chi connectivity index (χ2n) is 6.23. The summed E-state index contributed by atoms with van der Waals surface area (Å²) >= 11 is 6.03. The van der Waals surface area contributed by atoms with Crippen molar-refractivity contribution in [1.29, 1.82) is 0 Å². The number of nitrogens with zero attached hydrogens (tertiary/aromatic N) is 2. The van der Waals surface area contributed by atoms with Crippen molar-refractivity contribution >= 4 is 17.5 Å². The van der Waals surface area contributed by atoms with Crippen LogP contribution in [0, 0.1) is 13.8 Å². The van der Waals surface area contributed by atoms with E-state index >= 15 is 0 Å². The van der Waals surface area contributed by atoms with Gasteiger partial charge in [-0.2, -0.15) is 4.98 Å². The van der Waals surface area contributed by atoms with E-state index in [-0.39, 0.29) is 12.5 Å². The maximum absolute atomic E-state index is 12.0. The van der Waals surface area contributed by atoms with Gasteiger partial charge in [0.05, 0.1) is 0 Å². The molecule has 0 saturated carbocycles. The molecular weight excluding hydrogens is 362 g/mol. The number of aryl methyl sites for hydroxylation is 2. The molecule has 3 aromatic rings. The van der Waals surface area contributed by atoms with E-state index in [4.69, 9.17) is 16.3 Å². The standard InChI is InChI=1S/C21H20ClN3O2/c1-14-6-8-16(9-7-14)12-23-19(26)13-27-20-10-15(2)24-21(25-20)17-4-3-5-18(22)11-17/h3-11H,12-13H2,1-2H3,(H,23,26). The summed E-state index contributed by atoms with van der Waals surface area (Å²) in [6.07, 6.45) is 0. The lowest BCUT2D eigenvalue weighted by Gasteiger charge is -2.09. The van der Waals surface area contributed by atoms with Gasteiger partial charge >= 0.3 is 0 Å². The fraction of sp³-hybridized carbons (Fsp3) is 0.190. The Morgan fingerprint density at radius 3 is 2.59 bits per heavy atom. The zero-order chi connectivity index (χ0) is 19.2. The molecular formula is C21H20ClN3O2. The first-order valence-electron chi connectivity index (χ1n) is 8.56. The number of halogens is 1. The van der Waals surface area contributed by atoms with Crippen LogP contribution in [-0.2, 0) is 11.3 Å². The van der Waals surface area contributed by atoms with Crippen LogP contribution in [0.1, 0.15) is 16.8 Å². The van der Waals surface area contributed by atoms with Crippen molar-refractivity contribution in [1.82, 2.24) is 15.3 Å². The van der Waals surface area contributed by atoms with Gasteiger partial charge < -0.3 is 10.1 Å². The van der Waals surface area contributed by atoms with Crippen molar-refractivity contribution in [2.75, 3.05) is 6.61 Å². The van der Waals surface area contributed by atoms with Crippen molar-refractivity contribution in [3.63, 3.8) is 0 Å². The molecule has 0 unspecified atom stereocenters. The zero-order valence-corrected chi connectivity index (χ0v) is 16.0. The van der Waals surface area contributed by atoms with Crippen molar-refractivity contribution < 1.29 is 9.53 Å². The highest BCUT2D eigenvalue weighted by Crippen LogP contribution is 2.22. The maximum Gasteiger partial charge on any atom is 0.258 e. The van der Waals surface area contributed by atoms with E-state index in [0.29, 0.717) is 23.3 Å². The van der Waals surface area contributed by atoms with Gasteiger partial charge in [0.25, 0.3) is 5.91 Å². The number of hydrogen-bond acceptors (Lipinski definition) is 4. The molecule has 2 aromatic carbocycles. The lowest BCUT2D eigenvalue weighted by atomic mass is 10.1. The highest BCUT2D eigenvalue weighted by Gasteiger charge is 2.09. The third-order valence-corrected chi connectivity index (χ3v) is 4.11. The van der Waals surface area contributed by atoms with Crippen LogP contribution in [0.2, 0.25) is 5.02 Å². The molecule has 6 heteroatoms. The molecule has 0 atom stereocenters. The minimum Gasteiger partial charge on any atom is -0.467 e. The van der Waals surface area contributed by atoms with Crippen LogP contribution in [0.5, 0.6) is 5.88 Å². The molecule has 5 nitrogen and oxygen atoms in total. The van der Waals surface area contributed by atoms with Gasteiger partial charge in [-0.3, -0.25) is 4.79 Å². The second kappa shape index (κ2) is 8.64. The highest BCUT2D eigenvalue weighted by atomic mass is 35.5. The predicted molar refractivity (Wildman–Crippen MR) is 106 cm³/mol. The summed E-state index contributed by atoms with van der Waals surface area (Å²) in [5.41, 5.74) is 3.76. The van der Waals surface area contributed by atoms with Gasteiger partial charge in [-0.15, -0.1) is 0 Å². The van der Waals surface area contributed by atoms with Crippen LogP contribution in [0.4, 0.5) is 0 Å². The Morgan fingerprint density at radius 1 is 1.07 bits per heavy atom. The third kappa shape index (κ3) is 5.53. The van der Waals surface area contributed by atoms with Crippen LogP contribution in [0.25, 0.3) is 11.4 Å². The Labute approximate surface area is 163 Å². The van der Waals surface area contributed by atoms with Gasteiger partial charge in [-0.1, -0.05) is 53.6 Å². The van der Waals surface area contributed by atoms with Gasteiger partial charge in [0.2, 0.25) is 5.88 Å². The van der Waals surface area contributed by atoms with Crippen LogP contribution in [0.3, 0.4) is 0 Å². The molecule has 0 bridgehead atoms. The normalized spacial score (nSPS) is 10.5. The molecule has 0 spiro atoms. The summed E-state index contributed by atoms with van der Waals surface area (Å²) in [6, 6.07) is 17.0. The SMILES string of the molecule is Cc1ccc(CNC(=O)COc2cc(C)nc(-c3cccc(Cl)c3)n2)cc1. The Morgan fingerprint density at radius 2 is 1.85 bits per heavy atom. The van der Waals surface area contributed by atoms with E-state index in [0.717, 1.165) is 16.8 Å². The number of aromatic nitrogens is 2. The van der Waals surface area contributed by atoms with E-state index in [1.54, 1.807) is 18.2 Å². The molecule has 3 rings (SSSR count). The van der Waals surface area contributed by atoms with Crippen molar-refractivity contribution in [3.8, 4) is 17.3 Å². The van der Waals surface area contributed by atoms with Crippen LogP contribution >= 0.6 is 11.6 Å². The largest absolute Gasteiger partial charge is 0.467 e. The molecule has 1 heterocycles. The molecule has 0 saturated heterocycles. The van der Waals surface area contributed by atoms with Crippen LogP contribution < -0.4 is 10.1 Å². The molecule has 0 radical (unpaired) electrons. The fourth-order valence-electron chi connectivity index (χ4n) is 2.47. The van der Waals surface area contributed by atoms with Gasteiger partial charge in [0.1, 0.15) is 0 Å². The van der Waals surface area contributed by atoms with Gasteiger partial charge in [-0.05, 0) is 31.5 Å². The zero-order valence-electron chi connectivity index (χ0n) is 15.2. The lowest BCUT2D eigenvalue weighted by molar-refractivity contribution is -0.123. The molecule has 1 N–H and O–H groups in total. The smallest absolute Gasteiger partial charge is 0.258 e. The summed E-state index contributed by atoms with van der Waals surface area (Å²) < 4.78 is 5.55. The monoisotopic (exact) mass is 381 g/mol. The first-order valence-corrected chi connectivity index (χ1v) is 8.94. The Balaban J connectivity index is 1.60. The molecule has 27 heavy (non-hydrogen) atoms. The minimum absolute atomic E-state index is 0.114. The number of hydrogen-bond donors (Lipinski definition) is 1. The number of benzene rings is 2. The highest BCUT2D eigenvalue weighted by molar-refractivity contribution is 6.30. The van der Waals surface area contributed by atoms with E-state index < -0.39 is 0 Å². The number of amides is 1. The average Bonchev–Trinajstić information content (AvgIpc) is 2.65. The molecule has 0 aliphatic heterocycles. The minimum atomic E-state index is -0.212.